The van der Waals surface area contributed by atoms with Crippen LogP contribution in [0.1, 0.15) is 76.2 Å². The molecule has 10 heteroatoms. The monoisotopic (exact) mass is 569 g/mol. The molecular formula is C25H59NO5SSi3. The van der Waals surface area contributed by atoms with E-state index in [-0.39, 0.29) is 26.4 Å². The van der Waals surface area contributed by atoms with Gasteiger partial charge in [0.25, 0.3) is 10.1 Å². The van der Waals surface area contributed by atoms with Gasteiger partial charge in [-0.05, 0) is 68.2 Å². The van der Waals surface area contributed by atoms with E-state index in [1.807, 2.05) is 33.9 Å². The molecule has 0 aromatic heterocycles. The van der Waals surface area contributed by atoms with Crippen LogP contribution >= 0.6 is 0 Å². The van der Waals surface area contributed by atoms with E-state index in [1.54, 1.807) is 0 Å². The first-order valence-electron chi connectivity index (χ1n) is 12.9. The maximum atomic E-state index is 13.2. The largest absolute Gasteiger partial charge is 0.415 e. The molecular weight excluding hydrogens is 511 g/mol. The summed E-state index contributed by atoms with van der Waals surface area (Å²) >= 11 is 0. The van der Waals surface area contributed by atoms with Crippen molar-refractivity contribution in [3.05, 3.63) is 0 Å². The second-order valence-corrected chi connectivity index (χ2v) is 31.6. The molecule has 0 bridgehead atoms. The fourth-order valence-electron chi connectivity index (χ4n) is 2.45. The van der Waals surface area contributed by atoms with Gasteiger partial charge in [0.15, 0.2) is 16.6 Å². The van der Waals surface area contributed by atoms with Crippen LogP contribution in [0.5, 0.6) is 0 Å². The van der Waals surface area contributed by atoms with Crippen LogP contribution in [-0.4, -0.2) is 63.9 Å². The molecule has 6 nitrogen and oxygen atoms in total. The zero-order valence-corrected chi connectivity index (χ0v) is 30.0. The minimum Gasteiger partial charge on any atom is -0.415 e. The second kappa shape index (κ2) is 11.3. The predicted molar refractivity (Wildman–Crippen MR) is 159 cm³/mol. The van der Waals surface area contributed by atoms with Gasteiger partial charge < -0.3 is 18.0 Å². The Morgan fingerprint density at radius 1 is 0.686 bits per heavy atom. The number of rotatable bonds is 12. The molecule has 0 aliphatic rings. The molecule has 0 aliphatic heterocycles. The van der Waals surface area contributed by atoms with Gasteiger partial charge in [-0.15, -0.1) is 0 Å². The predicted octanol–water partition coefficient (Wildman–Crippen LogP) is 7.12. The summed E-state index contributed by atoms with van der Waals surface area (Å²) in [7, 11) is -10.3. The van der Waals surface area contributed by atoms with Gasteiger partial charge in [0.05, 0.1) is 12.7 Å². The van der Waals surface area contributed by atoms with Gasteiger partial charge in [0.2, 0.25) is 8.32 Å². The molecule has 35 heavy (non-hydrogen) atoms. The van der Waals surface area contributed by atoms with Crippen molar-refractivity contribution in [3.8, 4) is 0 Å². The van der Waals surface area contributed by atoms with E-state index in [4.69, 9.17) is 12.7 Å². The van der Waals surface area contributed by atoms with Gasteiger partial charge in [-0.25, -0.2) is 8.42 Å². The summed E-state index contributed by atoms with van der Waals surface area (Å²) in [6.45, 7) is 37.3. The lowest BCUT2D eigenvalue weighted by molar-refractivity contribution is 0.152. The molecule has 212 valence electrons. The summed E-state index contributed by atoms with van der Waals surface area (Å²) in [4.78, 5) is 0. The van der Waals surface area contributed by atoms with Gasteiger partial charge in [0, 0.05) is 12.1 Å². The zero-order valence-electron chi connectivity index (χ0n) is 26.1. The fraction of sp³-hybridized carbons (Fsp3) is 1.00. The molecule has 1 atom stereocenters. The first-order valence-corrected chi connectivity index (χ1v) is 23.3. The lowest BCUT2D eigenvalue weighted by atomic mass is 10.1. The number of nitrogens with one attached hydrogen (secondary N) is 1. The summed E-state index contributed by atoms with van der Waals surface area (Å²) in [5.74, 6) is -0.155. The molecule has 0 aliphatic carbocycles. The normalized spacial score (nSPS) is 16.5. The maximum Gasteiger partial charge on any atom is 0.260 e. The van der Waals surface area contributed by atoms with Gasteiger partial charge in [0.1, 0.15) is 5.75 Å². The third-order valence-electron chi connectivity index (χ3n) is 8.21. The number of hydrogen-bond donors (Lipinski definition) is 1. The van der Waals surface area contributed by atoms with Crippen molar-refractivity contribution < 1.29 is 21.1 Å². The van der Waals surface area contributed by atoms with E-state index in [0.29, 0.717) is 13.2 Å². The SMILES string of the molecule is CC(C)(CO[Si](C)(C)C(C)(C)C)NCC(CS(=O)(=O)O[Si](C)(C)C(C)(C)C)O[Si](C)(C)C(C)(C)C. The van der Waals surface area contributed by atoms with Crippen LogP contribution in [0, 0.1) is 0 Å². The van der Waals surface area contributed by atoms with Crippen molar-refractivity contribution in [1.29, 1.82) is 0 Å². The average Bonchev–Trinajstić information content (AvgIpc) is 2.53. The van der Waals surface area contributed by atoms with Crippen LogP contribution in [0.3, 0.4) is 0 Å². The van der Waals surface area contributed by atoms with Crippen LogP contribution in [0.15, 0.2) is 0 Å². The highest BCUT2D eigenvalue weighted by molar-refractivity contribution is 7.87. The van der Waals surface area contributed by atoms with Gasteiger partial charge >= 0.3 is 0 Å². The van der Waals surface area contributed by atoms with Gasteiger partial charge in [-0.2, -0.15) is 0 Å². The Balaban J connectivity index is 5.71. The lowest BCUT2D eigenvalue weighted by Crippen LogP contribution is -2.54. The average molecular weight is 570 g/mol. The van der Waals surface area contributed by atoms with Crippen molar-refractivity contribution in [1.82, 2.24) is 5.32 Å². The molecule has 0 aromatic rings. The molecule has 0 saturated carbocycles. The standard InChI is InChI=1S/C25H59NO5SSi3/c1-22(2,3)33(12,13)29-20-25(10,11)26-18-21(30-34(14,15)23(4,5)6)19-32(27,28)31-35(16,17)24(7,8)9/h21,26H,18-20H2,1-17H3. The Labute approximate surface area is 222 Å². The molecule has 0 saturated heterocycles. The lowest BCUT2D eigenvalue weighted by Gasteiger charge is -2.42. The van der Waals surface area contributed by atoms with Crippen molar-refractivity contribution in [2.45, 2.75) is 142 Å². The van der Waals surface area contributed by atoms with E-state index in [0.717, 1.165) is 0 Å². The van der Waals surface area contributed by atoms with E-state index < -0.39 is 41.2 Å². The van der Waals surface area contributed by atoms with E-state index in [2.05, 4.69) is 86.9 Å². The first kappa shape index (κ1) is 35.4. The first-order chi connectivity index (χ1) is 14.9. The molecule has 0 amide bonds. The van der Waals surface area contributed by atoms with Crippen LogP contribution in [0.4, 0.5) is 0 Å². The van der Waals surface area contributed by atoms with Gasteiger partial charge in [-0.3, -0.25) is 0 Å². The van der Waals surface area contributed by atoms with Crippen molar-refractivity contribution in [2.75, 3.05) is 18.9 Å². The Morgan fingerprint density at radius 2 is 1.09 bits per heavy atom. The summed E-state index contributed by atoms with van der Waals surface area (Å²) in [5, 5.41) is 3.46. The van der Waals surface area contributed by atoms with Crippen LogP contribution in [-0.2, 0) is 22.8 Å². The van der Waals surface area contributed by atoms with Crippen molar-refractivity contribution in [3.63, 3.8) is 0 Å². The van der Waals surface area contributed by atoms with Crippen LogP contribution < -0.4 is 5.32 Å². The summed E-state index contributed by atoms with van der Waals surface area (Å²) in [5.41, 5.74) is -0.325. The van der Waals surface area contributed by atoms with E-state index >= 15 is 0 Å². The summed E-state index contributed by atoms with van der Waals surface area (Å²) in [6.07, 6.45) is -0.502. The zero-order chi connectivity index (χ0) is 28.5. The molecule has 0 heterocycles. The Bertz CT molecular complexity index is 789. The number of hydrogen-bond acceptors (Lipinski definition) is 6. The van der Waals surface area contributed by atoms with Crippen LogP contribution in [0.25, 0.3) is 0 Å². The molecule has 1 N–H and O–H groups in total. The molecule has 1 unspecified atom stereocenters. The third-order valence-corrected chi connectivity index (χ3v) is 24.3. The quantitative estimate of drug-likeness (QED) is 0.252. The second-order valence-electron chi connectivity index (χ2n) is 15.4. The molecule has 0 radical (unpaired) electrons. The maximum absolute atomic E-state index is 13.2. The Kier molecular flexibility index (Phi) is 11.4. The molecule has 0 spiro atoms. The fourth-order valence-corrected chi connectivity index (χ4v) is 9.53. The highest BCUT2D eigenvalue weighted by atomic mass is 32.2. The molecule has 0 rings (SSSR count). The Morgan fingerprint density at radius 3 is 1.46 bits per heavy atom. The summed E-state index contributed by atoms with van der Waals surface area (Å²) < 4.78 is 45.4. The highest BCUT2D eigenvalue weighted by Gasteiger charge is 2.44. The summed E-state index contributed by atoms with van der Waals surface area (Å²) in [6, 6.07) is 0. The Hall–Kier alpha value is 0.441. The highest BCUT2D eigenvalue weighted by Crippen LogP contribution is 2.40. The van der Waals surface area contributed by atoms with Crippen molar-refractivity contribution >= 4 is 35.1 Å². The van der Waals surface area contributed by atoms with Gasteiger partial charge in [-0.1, -0.05) is 62.3 Å². The van der Waals surface area contributed by atoms with E-state index in [1.165, 1.54) is 0 Å². The van der Waals surface area contributed by atoms with Crippen LogP contribution in [0.2, 0.25) is 54.4 Å². The molecule has 0 aromatic carbocycles. The third kappa shape index (κ3) is 11.4. The smallest absolute Gasteiger partial charge is 0.260 e. The minimum absolute atomic E-state index is 0.0315. The topological polar surface area (TPSA) is 73.9 Å². The van der Waals surface area contributed by atoms with Crippen molar-refractivity contribution in [2.24, 2.45) is 0 Å². The minimum atomic E-state index is -3.77. The van der Waals surface area contributed by atoms with E-state index in [9.17, 15) is 8.42 Å². The molecule has 0 fully saturated rings.